The number of anilines is 6. The minimum Gasteiger partial charge on any atom is -0.456 e. The Morgan fingerprint density at radius 2 is 0.925 bits per heavy atom. The maximum atomic E-state index is 9.20. The molecule has 0 N–H and O–H groups in total. The maximum Gasteiger partial charge on any atom is 0.137 e. The molecule has 4 nitrogen and oxygen atoms in total. The molecule has 3 heterocycles. The van der Waals surface area contributed by atoms with E-state index < -0.39 is 36.3 Å². The molecule has 0 aliphatic heterocycles. The Labute approximate surface area is 401 Å². The number of hydrogen-bond acceptors (Lipinski definition) is 3. The molecule has 3 aromatic heterocycles. The molecule has 0 atom stereocenters. The van der Waals surface area contributed by atoms with E-state index in [1.807, 2.05) is 115 Å². The van der Waals surface area contributed by atoms with Crippen molar-refractivity contribution >= 4 is 126 Å². The molecule has 0 aliphatic rings. The first-order chi connectivity index (χ1) is 37.2. The van der Waals surface area contributed by atoms with Gasteiger partial charge in [-0.25, -0.2) is 0 Å². The lowest BCUT2D eigenvalue weighted by Gasteiger charge is -2.26. The van der Waals surface area contributed by atoms with Gasteiger partial charge in [0.2, 0.25) is 0 Å². The Morgan fingerprint density at radius 1 is 0.403 bits per heavy atom. The van der Waals surface area contributed by atoms with E-state index >= 15 is 0 Å². The summed E-state index contributed by atoms with van der Waals surface area (Å²) < 4.78 is 97.1. The van der Waals surface area contributed by atoms with Crippen LogP contribution in [0.15, 0.2) is 223 Å². The van der Waals surface area contributed by atoms with Crippen LogP contribution in [0.5, 0.6) is 0 Å². The van der Waals surface area contributed by atoms with E-state index in [0.29, 0.717) is 33.9 Å². The molecule has 67 heavy (non-hydrogen) atoms. The second kappa shape index (κ2) is 14.5. The number of nitrogens with zero attached hydrogens (tertiary/aromatic N) is 3. The Kier molecular flexibility index (Phi) is 6.26. The van der Waals surface area contributed by atoms with Crippen molar-refractivity contribution in [3.63, 3.8) is 0 Å². The Hall–Kier alpha value is -8.60. The number of hydrogen-bond donors (Lipinski definition) is 0. The van der Waals surface area contributed by atoms with Crippen LogP contribution < -0.4 is 9.80 Å². The molecule has 0 fully saturated rings. The second-order valence-electron chi connectivity index (χ2n) is 17.6. The zero-order chi connectivity index (χ0) is 53.0. The summed E-state index contributed by atoms with van der Waals surface area (Å²) in [4.78, 5) is 3.50. The number of benzene rings is 11. The molecule has 4 heteroatoms. The SMILES string of the molecule is [2H]c1c([2H])c([2H])c(N(c2ccc3ccccc3c2)c2ccc3c(c2)oc2ccc4cc5c(cc4c23)c2cc(C(C)C)cc3c4ccc(N(c6ccc7ccccc7c6)c6c([2H])c([2H])c([2H])c([2H])c6[2H])cc4n5c32)c([2H])c1[2H]. The Morgan fingerprint density at radius 3 is 1.55 bits per heavy atom. The van der Waals surface area contributed by atoms with Crippen LogP contribution in [0.25, 0.3) is 92.4 Å². The van der Waals surface area contributed by atoms with Crippen molar-refractivity contribution in [1.29, 1.82) is 0 Å². The fourth-order valence-corrected chi connectivity index (χ4v) is 10.4. The van der Waals surface area contributed by atoms with E-state index in [4.69, 9.17) is 15.4 Å². The van der Waals surface area contributed by atoms with Gasteiger partial charge in [-0.1, -0.05) is 123 Å². The van der Waals surface area contributed by atoms with Gasteiger partial charge in [-0.2, -0.15) is 0 Å². The van der Waals surface area contributed by atoms with E-state index in [0.717, 1.165) is 81.2 Å². The normalized spacial score (nSPS) is 14.3. The number of fused-ring (bicyclic) bond motifs is 13. The molecule has 14 aromatic rings. The molecular formula is C63H43N3O. The minimum atomic E-state index is -0.466. The van der Waals surface area contributed by atoms with Gasteiger partial charge in [-0.05, 0) is 147 Å². The second-order valence-corrected chi connectivity index (χ2v) is 17.6. The average molecular weight is 868 g/mol. The number of para-hydroxylation sites is 2. The molecule has 14 rings (SSSR count). The lowest BCUT2D eigenvalue weighted by Crippen LogP contribution is -2.09. The topological polar surface area (TPSA) is 24.0 Å². The summed E-state index contributed by atoms with van der Waals surface area (Å²) in [6, 6.07) is 48.7. The molecule has 0 radical (unpaired) electrons. The van der Waals surface area contributed by atoms with Crippen molar-refractivity contribution in [3.8, 4) is 0 Å². The van der Waals surface area contributed by atoms with Crippen molar-refractivity contribution in [2.75, 3.05) is 9.80 Å². The van der Waals surface area contributed by atoms with Crippen LogP contribution in [0.1, 0.15) is 39.0 Å². The summed E-state index contributed by atoms with van der Waals surface area (Å²) in [5, 5.41) is 11.8. The van der Waals surface area contributed by atoms with Crippen LogP contribution in [0, 0.1) is 0 Å². The predicted octanol–water partition coefficient (Wildman–Crippen LogP) is 18.3. The summed E-state index contributed by atoms with van der Waals surface area (Å²) in [5.74, 6) is 0.209. The van der Waals surface area contributed by atoms with Crippen molar-refractivity contribution in [2.24, 2.45) is 0 Å². The number of furan rings is 1. The monoisotopic (exact) mass is 867 g/mol. The molecule has 11 aromatic carbocycles. The first-order valence-corrected chi connectivity index (χ1v) is 22.4. The van der Waals surface area contributed by atoms with Gasteiger partial charge in [0.05, 0.1) is 30.3 Å². The van der Waals surface area contributed by atoms with E-state index in [1.165, 1.54) is 5.56 Å². The summed E-state index contributed by atoms with van der Waals surface area (Å²) in [6.07, 6.45) is 0. The predicted molar refractivity (Wildman–Crippen MR) is 284 cm³/mol. The van der Waals surface area contributed by atoms with Gasteiger partial charge in [0.15, 0.2) is 0 Å². The van der Waals surface area contributed by atoms with Gasteiger partial charge in [0.25, 0.3) is 0 Å². The maximum absolute atomic E-state index is 9.20. The van der Waals surface area contributed by atoms with Crippen LogP contribution in [0.4, 0.5) is 34.1 Å². The quantitative estimate of drug-likeness (QED) is 0.159. The summed E-state index contributed by atoms with van der Waals surface area (Å²) in [6.45, 7) is 4.38. The van der Waals surface area contributed by atoms with Gasteiger partial charge in [-0.15, -0.1) is 0 Å². The van der Waals surface area contributed by atoms with Crippen molar-refractivity contribution < 1.29 is 18.1 Å². The first-order valence-electron chi connectivity index (χ1n) is 27.4. The zero-order valence-corrected chi connectivity index (χ0v) is 36.3. The fraction of sp³-hybridized carbons (Fsp3) is 0.0476. The summed E-state index contributed by atoms with van der Waals surface area (Å²) in [7, 11) is 0. The molecule has 0 amide bonds. The smallest absolute Gasteiger partial charge is 0.137 e. The standard InChI is InChI=1S/C63H43N3O/c1-39(2)45-33-56-52-28-26-50(64(46-17-5-3-6-18-46)48-24-21-40-13-9-11-15-42(40)31-48)36-59(52)66-58-35-44-23-30-60-62(54(44)38-55(58)57(34-45)63(56)66)53-29-27-51(37-61(53)67-60)65(47-19-7-4-8-20-47)49-25-22-41-14-10-12-16-43(41)32-49/h3-39H,1-2H3/i3D,4D,5D,6D,7D,8D,17D,18D,19D,20D. The number of rotatable bonds is 7. The molecule has 0 saturated heterocycles. The fourth-order valence-electron chi connectivity index (χ4n) is 10.4. The largest absolute Gasteiger partial charge is 0.456 e. The zero-order valence-electron chi connectivity index (χ0n) is 46.3. The van der Waals surface area contributed by atoms with Crippen LogP contribution in [-0.2, 0) is 0 Å². The minimum absolute atomic E-state index is 0.0247. The van der Waals surface area contributed by atoms with E-state index in [9.17, 15) is 2.74 Å². The van der Waals surface area contributed by atoms with Gasteiger partial charge in [0.1, 0.15) is 11.2 Å². The molecule has 316 valence electrons. The van der Waals surface area contributed by atoms with Gasteiger partial charge < -0.3 is 18.6 Å². The van der Waals surface area contributed by atoms with Crippen LogP contribution >= 0.6 is 0 Å². The number of aromatic nitrogens is 1. The molecule has 0 bridgehead atoms. The molecule has 0 aliphatic carbocycles. The van der Waals surface area contributed by atoms with Crippen molar-refractivity contribution in [1.82, 2.24) is 4.40 Å². The van der Waals surface area contributed by atoms with Crippen molar-refractivity contribution in [3.05, 3.63) is 224 Å². The van der Waals surface area contributed by atoms with E-state index in [-0.39, 0.29) is 41.5 Å². The first kappa shape index (κ1) is 29.0. The molecular weight excluding hydrogens is 815 g/mol. The highest BCUT2D eigenvalue weighted by molar-refractivity contribution is 6.28. The Balaban J connectivity index is 0.995. The summed E-state index contributed by atoms with van der Waals surface area (Å²) in [5.41, 5.74) is 7.85. The van der Waals surface area contributed by atoms with Crippen LogP contribution in [0.3, 0.4) is 0 Å². The van der Waals surface area contributed by atoms with Crippen LogP contribution in [0.2, 0.25) is 0 Å². The van der Waals surface area contributed by atoms with Gasteiger partial charge >= 0.3 is 0 Å². The highest BCUT2D eigenvalue weighted by atomic mass is 16.3. The average Bonchev–Trinajstić information content (AvgIpc) is 4.16. The third kappa shape index (κ3) is 5.79. The van der Waals surface area contributed by atoms with Crippen LogP contribution in [-0.4, -0.2) is 4.40 Å². The third-order valence-electron chi connectivity index (χ3n) is 13.5. The highest BCUT2D eigenvalue weighted by Crippen LogP contribution is 2.47. The lowest BCUT2D eigenvalue weighted by atomic mass is 9.96. The van der Waals surface area contributed by atoms with E-state index in [1.54, 1.807) is 9.80 Å². The molecule has 0 spiro atoms. The molecule has 0 saturated carbocycles. The lowest BCUT2D eigenvalue weighted by molar-refractivity contribution is 0.669. The summed E-state index contributed by atoms with van der Waals surface area (Å²) >= 11 is 0. The van der Waals surface area contributed by atoms with Gasteiger partial charge in [0, 0.05) is 72.5 Å². The van der Waals surface area contributed by atoms with Gasteiger partial charge in [-0.3, -0.25) is 0 Å². The molecule has 0 unspecified atom stereocenters. The Bertz CT molecular complexity index is 4830. The van der Waals surface area contributed by atoms with E-state index in [2.05, 4.69) is 60.7 Å². The van der Waals surface area contributed by atoms with Crippen molar-refractivity contribution in [2.45, 2.75) is 19.8 Å². The third-order valence-corrected chi connectivity index (χ3v) is 13.5. The highest BCUT2D eigenvalue weighted by Gasteiger charge is 2.24.